The Labute approximate surface area is 97.6 Å². The lowest BCUT2D eigenvalue weighted by molar-refractivity contribution is -0.118. The molecule has 1 aromatic rings. The molecule has 1 rings (SSSR count). The van der Waals surface area contributed by atoms with Gasteiger partial charge in [0.25, 0.3) is 0 Å². The summed E-state index contributed by atoms with van der Waals surface area (Å²) < 4.78 is 13.3. The average Bonchev–Trinajstić information content (AvgIpc) is 2.15. The standard InChI is InChI=1S/C11H13FN2O3/c1-14(6-10(13)15)5-7-2-3-8(11(16)17)9(12)4-7/h2-4H,5-6H2,1H3,(H2,13,15)(H,16,17). The average molecular weight is 240 g/mol. The van der Waals surface area contributed by atoms with Crippen LogP contribution in [0, 0.1) is 5.82 Å². The molecule has 0 heterocycles. The highest BCUT2D eigenvalue weighted by atomic mass is 19.1. The van der Waals surface area contributed by atoms with E-state index in [4.69, 9.17) is 10.8 Å². The second-order valence-corrected chi connectivity index (χ2v) is 3.76. The zero-order valence-electron chi connectivity index (χ0n) is 9.31. The van der Waals surface area contributed by atoms with Gasteiger partial charge in [0.05, 0.1) is 12.1 Å². The lowest BCUT2D eigenvalue weighted by atomic mass is 10.1. The minimum Gasteiger partial charge on any atom is -0.478 e. The molecule has 0 saturated carbocycles. The summed E-state index contributed by atoms with van der Waals surface area (Å²) in [7, 11) is 1.66. The summed E-state index contributed by atoms with van der Waals surface area (Å²) in [6.45, 7) is 0.377. The van der Waals surface area contributed by atoms with Crippen LogP contribution in [0.25, 0.3) is 0 Å². The Bertz CT molecular complexity index is 448. The Morgan fingerprint density at radius 1 is 1.47 bits per heavy atom. The van der Waals surface area contributed by atoms with Crippen LogP contribution in [0.1, 0.15) is 15.9 Å². The predicted molar refractivity (Wildman–Crippen MR) is 58.9 cm³/mol. The Kier molecular flexibility index (Phi) is 4.17. The smallest absolute Gasteiger partial charge is 0.338 e. The van der Waals surface area contributed by atoms with Crippen LogP contribution in [0.2, 0.25) is 0 Å². The minimum absolute atomic E-state index is 0.0578. The van der Waals surface area contributed by atoms with Gasteiger partial charge in [0.15, 0.2) is 0 Å². The number of hydrogen-bond acceptors (Lipinski definition) is 3. The number of nitrogens with zero attached hydrogens (tertiary/aromatic N) is 1. The number of hydrogen-bond donors (Lipinski definition) is 2. The maximum Gasteiger partial charge on any atom is 0.338 e. The maximum absolute atomic E-state index is 13.3. The lowest BCUT2D eigenvalue weighted by Gasteiger charge is -2.14. The van der Waals surface area contributed by atoms with Gasteiger partial charge in [-0.2, -0.15) is 0 Å². The number of benzene rings is 1. The van der Waals surface area contributed by atoms with Crippen molar-refractivity contribution >= 4 is 11.9 Å². The molecule has 1 aromatic carbocycles. The first-order valence-electron chi connectivity index (χ1n) is 4.88. The molecular formula is C11H13FN2O3. The third-order valence-corrected chi connectivity index (χ3v) is 2.14. The van der Waals surface area contributed by atoms with Crippen molar-refractivity contribution in [2.45, 2.75) is 6.54 Å². The monoisotopic (exact) mass is 240 g/mol. The number of nitrogens with two attached hydrogens (primary N) is 1. The van der Waals surface area contributed by atoms with E-state index in [1.165, 1.54) is 12.1 Å². The number of carboxylic acids is 1. The molecule has 0 saturated heterocycles. The first kappa shape index (κ1) is 13.1. The Morgan fingerprint density at radius 3 is 2.59 bits per heavy atom. The fraction of sp³-hybridized carbons (Fsp3) is 0.273. The summed E-state index contributed by atoms with van der Waals surface area (Å²) in [6, 6.07) is 3.84. The molecule has 0 aromatic heterocycles. The molecule has 5 nitrogen and oxygen atoms in total. The van der Waals surface area contributed by atoms with E-state index in [0.29, 0.717) is 12.1 Å². The van der Waals surface area contributed by atoms with Crippen molar-refractivity contribution in [3.63, 3.8) is 0 Å². The molecule has 0 radical (unpaired) electrons. The molecule has 1 amide bonds. The summed E-state index contributed by atoms with van der Waals surface area (Å²) in [5, 5.41) is 8.65. The number of carboxylic acid groups (broad SMARTS) is 1. The largest absolute Gasteiger partial charge is 0.478 e. The van der Waals surface area contributed by atoms with Gasteiger partial charge in [0.1, 0.15) is 5.82 Å². The van der Waals surface area contributed by atoms with Gasteiger partial charge in [-0.25, -0.2) is 9.18 Å². The molecular weight excluding hydrogens is 227 g/mol. The van der Waals surface area contributed by atoms with Gasteiger partial charge in [0, 0.05) is 6.54 Å². The Hall–Kier alpha value is -1.95. The van der Waals surface area contributed by atoms with Crippen LogP contribution >= 0.6 is 0 Å². The summed E-state index contributed by atoms with van der Waals surface area (Å²) in [5.41, 5.74) is 5.22. The first-order valence-corrected chi connectivity index (χ1v) is 4.88. The van der Waals surface area contributed by atoms with Crippen LogP contribution < -0.4 is 5.73 Å². The van der Waals surface area contributed by atoms with E-state index < -0.39 is 17.7 Å². The zero-order valence-corrected chi connectivity index (χ0v) is 9.31. The van der Waals surface area contributed by atoms with E-state index in [9.17, 15) is 14.0 Å². The molecule has 0 unspecified atom stereocenters. The number of aromatic carboxylic acids is 1. The highest BCUT2D eigenvalue weighted by Crippen LogP contribution is 2.11. The van der Waals surface area contributed by atoms with Gasteiger partial charge in [-0.3, -0.25) is 9.69 Å². The maximum atomic E-state index is 13.3. The summed E-state index contributed by atoms with van der Waals surface area (Å²) in [5.74, 6) is -2.57. The molecule has 0 fully saturated rings. The van der Waals surface area contributed by atoms with Gasteiger partial charge in [-0.1, -0.05) is 6.07 Å². The van der Waals surface area contributed by atoms with Crippen LogP contribution in [-0.4, -0.2) is 35.5 Å². The van der Waals surface area contributed by atoms with E-state index in [0.717, 1.165) is 6.07 Å². The number of likely N-dealkylation sites (N-methyl/N-ethyl adjacent to an activating group) is 1. The van der Waals surface area contributed by atoms with Crippen LogP contribution in [0.4, 0.5) is 4.39 Å². The Morgan fingerprint density at radius 2 is 2.12 bits per heavy atom. The van der Waals surface area contributed by atoms with Gasteiger partial charge in [-0.05, 0) is 24.7 Å². The first-order chi connectivity index (χ1) is 7.90. The fourth-order valence-electron chi connectivity index (χ4n) is 1.46. The molecule has 0 aliphatic heterocycles. The highest BCUT2D eigenvalue weighted by molar-refractivity contribution is 5.87. The second-order valence-electron chi connectivity index (χ2n) is 3.76. The number of amides is 1. The van der Waals surface area contributed by atoms with Gasteiger partial charge < -0.3 is 10.8 Å². The lowest BCUT2D eigenvalue weighted by Crippen LogP contribution is -2.30. The van der Waals surface area contributed by atoms with Crippen LogP contribution in [-0.2, 0) is 11.3 Å². The number of rotatable bonds is 5. The van der Waals surface area contributed by atoms with Gasteiger partial charge >= 0.3 is 5.97 Å². The molecule has 6 heteroatoms. The van der Waals surface area contributed by atoms with Crippen LogP contribution in [0.5, 0.6) is 0 Å². The summed E-state index contributed by atoms with van der Waals surface area (Å²) in [6.07, 6.45) is 0. The van der Waals surface area contributed by atoms with E-state index in [-0.39, 0.29) is 12.1 Å². The molecule has 92 valence electrons. The van der Waals surface area contributed by atoms with E-state index in [1.54, 1.807) is 11.9 Å². The molecule has 3 N–H and O–H groups in total. The summed E-state index contributed by atoms with van der Waals surface area (Å²) >= 11 is 0. The van der Waals surface area contributed by atoms with Crippen molar-refractivity contribution in [2.75, 3.05) is 13.6 Å². The van der Waals surface area contributed by atoms with Crippen LogP contribution in [0.15, 0.2) is 18.2 Å². The van der Waals surface area contributed by atoms with E-state index in [2.05, 4.69) is 0 Å². The predicted octanol–water partition coefficient (Wildman–Crippen LogP) is 0.441. The quantitative estimate of drug-likeness (QED) is 0.782. The second kappa shape index (κ2) is 5.40. The molecule has 0 atom stereocenters. The number of carbonyl (C=O) groups is 2. The van der Waals surface area contributed by atoms with E-state index in [1.807, 2.05) is 0 Å². The normalized spacial score (nSPS) is 10.5. The van der Waals surface area contributed by atoms with Crippen molar-refractivity contribution in [3.05, 3.63) is 35.1 Å². The minimum atomic E-state index is -1.31. The van der Waals surface area contributed by atoms with Crippen LogP contribution in [0.3, 0.4) is 0 Å². The summed E-state index contributed by atoms with van der Waals surface area (Å²) in [4.78, 5) is 22.8. The number of primary amides is 1. The van der Waals surface area contributed by atoms with Crippen molar-refractivity contribution in [2.24, 2.45) is 5.73 Å². The molecule has 0 spiro atoms. The molecule has 0 bridgehead atoms. The van der Waals surface area contributed by atoms with Crippen molar-refractivity contribution in [3.8, 4) is 0 Å². The topological polar surface area (TPSA) is 83.6 Å². The highest BCUT2D eigenvalue weighted by Gasteiger charge is 2.11. The number of halogens is 1. The SMILES string of the molecule is CN(CC(N)=O)Cc1ccc(C(=O)O)c(F)c1. The third kappa shape index (κ3) is 3.84. The van der Waals surface area contributed by atoms with Gasteiger partial charge in [0.2, 0.25) is 5.91 Å². The zero-order chi connectivity index (χ0) is 13.0. The molecule has 0 aliphatic rings. The van der Waals surface area contributed by atoms with Crippen molar-refractivity contribution in [1.29, 1.82) is 0 Å². The molecule has 0 aliphatic carbocycles. The van der Waals surface area contributed by atoms with Gasteiger partial charge in [-0.15, -0.1) is 0 Å². The molecule has 17 heavy (non-hydrogen) atoms. The van der Waals surface area contributed by atoms with Crippen molar-refractivity contribution in [1.82, 2.24) is 4.90 Å². The van der Waals surface area contributed by atoms with Crippen molar-refractivity contribution < 1.29 is 19.1 Å². The fourth-order valence-corrected chi connectivity index (χ4v) is 1.46. The Balaban J connectivity index is 2.77. The third-order valence-electron chi connectivity index (χ3n) is 2.14. The van der Waals surface area contributed by atoms with E-state index >= 15 is 0 Å². The number of carbonyl (C=O) groups excluding carboxylic acids is 1.